The average Bonchev–Trinajstić information content (AvgIpc) is 3.17. The first-order valence-electron chi connectivity index (χ1n) is 10.4. The molecular formula is C25H27ClN2O2S. The van der Waals surface area contributed by atoms with E-state index in [1.165, 1.54) is 4.88 Å². The van der Waals surface area contributed by atoms with Gasteiger partial charge in [-0.25, -0.2) is 0 Å². The van der Waals surface area contributed by atoms with Crippen LogP contribution in [0, 0.1) is 6.92 Å². The number of aryl methyl sites for hydroxylation is 1. The Balaban J connectivity index is 1.79. The minimum atomic E-state index is -0.177. The highest BCUT2D eigenvalue weighted by Crippen LogP contribution is 2.19. The second kappa shape index (κ2) is 11.1. The zero-order valence-electron chi connectivity index (χ0n) is 17.9. The molecule has 2 amide bonds. The summed E-state index contributed by atoms with van der Waals surface area (Å²) in [5.41, 5.74) is 1.56. The number of carbonyl (C=O) groups excluding carboxylic acids is 2. The van der Waals surface area contributed by atoms with Crippen LogP contribution >= 0.6 is 22.9 Å². The van der Waals surface area contributed by atoms with E-state index < -0.39 is 0 Å². The molecule has 162 valence electrons. The van der Waals surface area contributed by atoms with Crippen molar-refractivity contribution in [3.63, 3.8) is 0 Å². The average molecular weight is 455 g/mol. The van der Waals surface area contributed by atoms with Crippen molar-refractivity contribution in [1.29, 1.82) is 0 Å². The lowest BCUT2D eigenvalue weighted by Crippen LogP contribution is -2.42. The van der Waals surface area contributed by atoms with E-state index >= 15 is 0 Å². The Morgan fingerprint density at radius 1 is 0.935 bits per heavy atom. The number of rotatable bonds is 9. The number of carbonyl (C=O) groups is 2. The van der Waals surface area contributed by atoms with Crippen LogP contribution in [0.2, 0.25) is 5.02 Å². The first-order valence-corrected chi connectivity index (χ1v) is 11.6. The number of thiophene rings is 1. The summed E-state index contributed by atoms with van der Waals surface area (Å²) in [6.45, 7) is 5.63. The zero-order chi connectivity index (χ0) is 22.2. The Kier molecular flexibility index (Phi) is 8.27. The van der Waals surface area contributed by atoms with Gasteiger partial charge in [0.2, 0.25) is 5.91 Å². The summed E-state index contributed by atoms with van der Waals surface area (Å²) in [6.07, 6.45) is 0.766. The summed E-state index contributed by atoms with van der Waals surface area (Å²) in [5, 5.41) is 0.507. The van der Waals surface area contributed by atoms with Crippen LogP contribution in [0.4, 0.5) is 0 Å². The number of halogens is 1. The summed E-state index contributed by atoms with van der Waals surface area (Å²) < 4.78 is 0. The van der Waals surface area contributed by atoms with Crippen molar-refractivity contribution in [2.45, 2.75) is 33.4 Å². The molecule has 1 aromatic heterocycles. The minimum Gasteiger partial charge on any atom is -0.332 e. The van der Waals surface area contributed by atoms with E-state index in [2.05, 4.69) is 19.1 Å². The quantitative estimate of drug-likeness (QED) is 0.410. The molecule has 0 unspecified atom stereocenters. The van der Waals surface area contributed by atoms with E-state index in [-0.39, 0.29) is 18.4 Å². The molecule has 1 heterocycles. The molecule has 0 spiro atoms. The van der Waals surface area contributed by atoms with Crippen molar-refractivity contribution in [3.05, 3.63) is 92.6 Å². The van der Waals surface area contributed by atoms with E-state index in [0.717, 1.165) is 16.9 Å². The maximum Gasteiger partial charge on any atom is 0.254 e. The predicted octanol–water partition coefficient (Wildman–Crippen LogP) is 5.79. The van der Waals surface area contributed by atoms with Gasteiger partial charge in [-0.15, -0.1) is 11.3 Å². The van der Waals surface area contributed by atoms with Gasteiger partial charge in [-0.05, 0) is 49.2 Å². The molecule has 0 bridgehead atoms. The van der Waals surface area contributed by atoms with E-state index in [4.69, 9.17) is 11.6 Å². The summed E-state index contributed by atoms with van der Waals surface area (Å²) in [7, 11) is 0. The highest BCUT2D eigenvalue weighted by molar-refractivity contribution is 7.11. The van der Waals surface area contributed by atoms with Crippen LogP contribution in [-0.2, 0) is 17.9 Å². The number of benzene rings is 2. The summed E-state index contributed by atoms with van der Waals surface area (Å²) in [6, 6.07) is 20.9. The van der Waals surface area contributed by atoms with Gasteiger partial charge in [0, 0.05) is 33.4 Å². The van der Waals surface area contributed by atoms with Gasteiger partial charge in [0.05, 0.1) is 6.54 Å². The number of hydrogen-bond donors (Lipinski definition) is 0. The molecule has 0 aliphatic heterocycles. The fraction of sp³-hybridized carbons (Fsp3) is 0.280. The fourth-order valence-corrected chi connectivity index (χ4v) is 4.48. The van der Waals surface area contributed by atoms with E-state index in [1.54, 1.807) is 40.5 Å². The van der Waals surface area contributed by atoms with Gasteiger partial charge in [-0.3, -0.25) is 9.59 Å². The normalized spacial score (nSPS) is 10.7. The van der Waals surface area contributed by atoms with Gasteiger partial charge >= 0.3 is 0 Å². The number of hydrogen-bond acceptors (Lipinski definition) is 3. The monoisotopic (exact) mass is 454 g/mol. The Morgan fingerprint density at radius 3 is 2.35 bits per heavy atom. The maximum absolute atomic E-state index is 13.4. The summed E-state index contributed by atoms with van der Waals surface area (Å²) in [5.74, 6) is -0.247. The fourth-order valence-electron chi connectivity index (χ4n) is 3.38. The van der Waals surface area contributed by atoms with Gasteiger partial charge in [0.25, 0.3) is 5.91 Å². The Morgan fingerprint density at radius 2 is 1.71 bits per heavy atom. The van der Waals surface area contributed by atoms with Crippen molar-refractivity contribution in [1.82, 2.24) is 9.80 Å². The van der Waals surface area contributed by atoms with Crippen molar-refractivity contribution in [3.8, 4) is 0 Å². The molecule has 31 heavy (non-hydrogen) atoms. The van der Waals surface area contributed by atoms with Crippen LogP contribution < -0.4 is 0 Å². The highest BCUT2D eigenvalue weighted by Gasteiger charge is 2.23. The van der Waals surface area contributed by atoms with Gasteiger partial charge in [-0.1, -0.05) is 54.9 Å². The largest absolute Gasteiger partial charge is 0.332 e. The van der Waals surface area contributed by atoms with Crippen molar-refractivity contribution < 1.29 is 9.59 Å². The highest BCUT2D eigenvalue weighted by atomic mass is 35.5. The van der Waals surface area contributed by atoms with Crippen LogP contribution in [0.3, 0.4) is 0 Å². The number of nitrogens with zero attached hydrogens (tertiary/aromatic N) is 2. The van der Waals surface area contributed by atoms with Crippen molar-refractivity contribution >= 4 is 34.8 Å². The van der Waals surface area contributed by atoms with Crippen LogP contribution in [0.25, 0.3) is 0 Å². The standard InChI is InChI=1S/C25H27ClN2O2S/c1-3-14-27(25(30)21-10-7-11-22(26)15-21)18-24(29)28(16-20-8-5-4-6-9-20)17-23-13-12-19(2)31-23/h4-13,15H,3,14,16-18H2,1-2H3. The molecule has 0 fully saturated rings. The first kappa shape index (κ1) is 23.0. The molecule has 3 rings (SSSR count). The molecule has 0 atom stereocenters. The molecule has 3 aromatic rings. The SMILES string of the molecule is CCCN(CC(=O)N(Cc1ccccc1)Cc1ccc(C)s1)C(=O)c1cccc(Cl)c1. The summed E-state index contributed by atoms with van der Waals surface area (Å²) >= 11 is 7.75. The lowest BCUT2D eigenvalue weighted by molar-refractivity contribution is -0.133. The third-order valence-corrected chi connectivity index (χ3v) is 6.11. The van der Waals surface area contributed by atoms with Crippen molar-refractivity contribution in [2.24, 2.45) is 0 Å². The number of amides is 2. The second-order valence-electron chi connectivity index (χ2n) is 7.48. The van der Waals surface area contributed by atoms with Crippen LogP contribution in [0.5, 0.6) is 0 Å². The predicted molar refractivity (Wildman–Crippen MR) is 127 cm³/mol. The molecule has 0 saturated heterocycles. The van der Waals surface area contributed by atoms with Crippen LogP contribution in [0.15, 0.2) is 66.7 Å². The maximum atomic E-state index is 13.4. The van der Waals surface area contributed by atoms with Gasteiger partial charge in [-0.2, -0.15) is 0 Å². The lowest BCUT2D eigenvalue weighted by atomic mass is 10.2. The van der Waals surface area contributed by atoms with E-state index in [0.29, 0.717) is 30.2 Å². The smallest absolute Gasteiger partial charge is 0.254 e. The lowest BCUT2D eigenvalue weighted by Gasteiger charge is -2.27. The second-order valence-corrected chi connectivity index (χ2v) is 9.29. The molecule has 0 radical (unpaired) electrons. The van der Waals surface area contributed by atoms with Gasteiger partial charge < -0.3 is 9.80 Å². The summed E-state index contributed by atoms with van der Waals surface area (Å²) in [4.78, 5) is 32.2. The zero-order valence-corrected chi connectivity index (χ0v) is 19.5. The van der Waals surface area contributed by atoms with Crippen molar-refractivity contribution in [2.75, 3.05) is 13.1 Å². The molecule has 0 saturated carbocycles. The van der Waals surface area contributed by atoms with Gasteiger partial charge in [0.15, 0.2) is 0 Å². The molecule has 0 aliphatic carbocycles. The molecule has 2 aromatic carbocycles. The van der Waals surface area contributed by atoms with E-state index in [9.17, 15) is 9.59 Å². The minimum absolute atomic E-state index is 0.0381. The molecular weight excluding hydrogens is 428 g/mol. The third kappa shape index (κ3) is 6.68. The molecule has 0 N–H and O–H groups in total. The molecule has 4 nitrogen and oxygen atoms in total. The molecule has 6 heteroatoms. The first-order chi connectivity index (χ1) is 15.0. The van der Waals surface area contributed by atoms with Crippen LogP contribution in [-0.4, -0.2) is 34.7 Å². The Hall–Kier alpha value is -2.63. The third-order valence-electron chi connectivity index (χ3n) is 4.89. The molecule has 0 aliphatic rings. The Labute approximate surface area is 193 Å². The topological polar surface area (TPSA) is 40.6 Å². The van der Waals surface area contributed by atoms with Gasteiger partial charge in [0.1, 0.15) is 6.54 Å². The van der Waals surface area contributed by atoms with E-state index in [1.807, 2.05) is 42.2 Å². The van der Waals surface area contributed by atoms with Crippen LogP contribution in [0.1, 0.15) is 39.0 Å². The Bertz CT molecular complexity index is 1020.